The molecule has 2 fully saturated rings. The lowest BCUT2D eigenvalue weighted by atomic mass is 9.90. The number of hydrogen-bond acceptors (Lipinski definition) is 4. The van der Waals surface area contributed by atoms with Crippen molar-refractivity contribution >= 4 is 11.8 Å². The molecule has 2 aliphatic carbocycles. The first-order valence-electron chi connectivity index (χ1n) is 6.40. The van der Waals surface area contributed by atoms with Gasteiger partial charge in [0.15, 0.2) is 11.0 Å². The third-order valence-corrected chi connectivity index (χ3v) is 5.59. The molecule has 1 aromatic rings. The minimum Gasteiger partial charge on any atom is -0.388 e. The summed E-state index contributed by atoms with van der Waals surface area (Å²) in [6.45, 7) is -0.0296. The van der Waals surface area contributed by atoms with Crippen LogP contribution in [0.25, 0.3) is 0 Å². The van der Waals surface area contributed by atoms with Gasteiger partial charge in [0.1, 0.15) is 6.61 Å². The number of aromatic nitrogens is 3. The van der Waals surface area contributed by atoms with Crippen LogP contribution in [0, 0.1) is 17.8 Å². The van der Waals surface area contributed by atoms with Gasteiger partial charge in [0, 0.05) is 12.8 Å². The maximum atomic E-state index is 9.06. The Hall–Kier alpha value is -0.550. The maximum absolute atomic E-state index is 9.06. The molecule has 0 radical (unpaired) electrons. The fourth-order valence-electron chi connectivity index (χ4n) is 3.37. The Morgan fingerprint density at radius 3 is 2.82 bits per heavy atom. The molecule has 0 spiro atoms. The van der Waals surface area contributed by atoms with Crippen LogP contribution in [-0.2, 0) is 13.7 Å². The van der Waals surface area contributed by atoms with Gasteiger partial charge in [-0.3, -0.25) is 0 Å². The molecule has 1 N–H and O–H groups in total. The zero-order valence-electron chi connectivity index (χ0n) is 10.2. The van der Waals surface area contributed by atoms with Crippen molar-refractivity contribution in [2.75, 3.05) is 5.75 Å². The van der Waals surface area contributed by atoms with Crippen LogP contribution in [0.4, 0.5) is 0 Å². The summed E-state index contributed by atoms with van der Waals surface area (Å²) in [5, 5.41) is 18.1. The van der Waals surface area contributed by atoms with Gasteiger partial charge in [-0.2, -0.15) is 0 Å². The van der Waals surface area contributed by atoms with Crippen molar-refractivity contribution in [2.24, 2.45) is 24.8 Å². The van der Waals surface area contributed by atoms with E-state index in [1.807, 2.05) is 11.6 Å². The Labute approximate surface area is 106 Å². The fourth-order valence-corrected chi connectivity index (χ4v) is 4.54. The van der Waals surface area contributed by atoms with Gasteiger partial charge in [0.05, 0.1) is 0 Å². The Balaban J connectivity index is 1.59. The van der Waals surface area contributed by atoms with Gasteiger partial charge in [0.2, 0.25) is 0 Å². The van der Waals surface area contributed by atoms with Crippen molar-refractivity contribution in [2.45, 2.75) is 37.4 Å². The average molecular weight is 253 g/mol. The van der Waals surface area contributed by atoms with E-state index in [9.17, 15) is 0 Å². The number of aliphatic hydroxyl groups excluding tert-OH is 1. The molecule has 2 bridgehead atoms. The van der Waals surface area contributed by atoms with Crippen LogP contribution in [0.5, 0.6) is 0 Å². The van der Waals surface area contributed by atoms with Crippen LogP contribution >= 0.6 is 11.8 Å². The van der Waals surface area contributed by atoms with Gasteiger partial charge >= 0.3 is 0 Å². The summed E-state index contributed by atoms with van der Waals surface area (Å²) in [6.07, 6.45) is 5.79. The van der Waals surface area contributed by atoms with Crippen LogP contribution < -0.4 is 0 Å². The van der Waals surface area contributed by atoms with Crippen LogP contribution in [-0.4, -0.2) is 25.6 Å². The first-order chi connectivity index (χ1) is 8.28. The zero-order valence-corrected chi connectivity index (χ0v) is 11.0. The number of rotatable bonds is 4. The zero-order chi connectivity index (χ0) is 11.8. The van der Waals surface area contributed by atoms with Crippen molar-refractivity contribution in [3.05, 3.63) is 5.82 Å². The normalized spacial score (nSPS) is 31.3. The second kappa shape index (κ2) is 4.61. The summed E-state index contributed by atoms with van der Waals surface area (Å²) in [7, 11) is 1.93. The summed E-state index contributed by atoms with van der Waals surface area (Å²) < 4.78 is 1.90. The van der Waals surface area contributed by atoms with Crippen LogP contribution in [0.15, 0.2) is 5.16 Å². The van der Waals surface area contributed by atoms with Crippen LogP contribution in [0.1, 0.15) is 31.5 Å². The van der Waals surface area contributed by atoms with Crippen molar-refractivity contribution in [1.82, 2.24) is 14.8 Å². The van der Waals surface area contributed by atoms with E-state index in [0.29, 0.717) is 5.82 Å². The summed E-state index contributed by atoms with van der Waals surface area (Å²) in [6, 6.07) is 0. The smallest absolute Gasteiger partial charge is 0.191 e. The van der Waals surface area contributed by atoms with Gasteiger partial charge in [-0.1, -0.05) is 18.2 Å². The summed E-state index contributed by atoms with van der Waals surface area (Å²) >= 11 is 1.80. The van der Waals surface area contributed by atoms with Crippen molar-refractivity contribution < 1.29 is 5.11 Å². The average Bonchev–Trinajstić information content (AvgIpc) is 3.01. The highest BCUT2D eigenvalue weighted by Crippen LogP contribution is 2.49. The molecular formula is C12H19N3OS. The van der Waals surface area contributed by atoms with Crippen molar-refractivity contribution in [3.8, 4) is 0 Å². The van der Waals surface area contributed by atoms with E-state index in [-0.39, 0.29) is 6.61 Å². The minimum atomic E-state index is -0.0296. The minimum absolute atomic E-state index is 0.0296. The number of aliphatic hydroxyl groups is 1. The molecule has 2 saturated carbocycles. The quantitative estimate of drug-likeness (QED) is 0.832. The first-order valence-corrected chi connectivity index (χ1v) is 7.38. The van der Waals surface area contributed by atoms with E-state index in [4.69, 9.17) is 5.11 Å². The lowest BCUT2D eigenvalue weighted by molar-refractivity contribution is 0.266. The van der Waals surface area contributed by atoms with E-state index in [0.717, 1.165) is 22.9 Å². The molecule has 17 heavy (non-hydrogen) atoms. The molecular weight excluding hydrogens is 234 g/mol. The molecule has 0 aromatic carbocycles. The van der Waals surface area contributed by atoms with E-state index >= 15 is 0 Å². The molecule has 0 amide bonds. The Morgan fingerprint density at radius 2 is 2.24 bits per heavy atom. The second-order valence-corrected chi connectivity index (χ2v) is 6.35. The fraction of sp³-hybridized carbons (Fsp3) is 0.833. The third kappa shape index (κ3) is 2.10. The topological polar surface area (TPSA) is 50.9 Å². The predicted octanol–water partition coefficient (Wildman–Crippen LogP) is 1.84. The van der Waals surface area contributed by atoms with Gasteiger partial charge in [-0.25, -0.2) is 0 Å². The van der Waals surface area contributed by atoms with E-state index < -0.39 is 0 Å². The van der Waals surface area contributed by atoms with Gasteiger partial charge < -0.3 is 9.67 Å². The van der Waals surface area contributed by atoms with Crippen molar-refractivity contribution in [1.29, 1.82) is 0 Å². The molecule has 4 nitrogen and oxygen atoms in total. The van der Waals surface area contributed by atoms with Crippen LogP contribution in [0.2, 0.25) is 0 Å². The van der Waals surface area contributed by atoms with Crippen LogP contribution in [0.3, 0.4) is 0 Å². The lowest BCUT2D eigenvalue weighted by Gasteiger charge is -2.20. The number of nitrogens with zero attached hydrogens (tertiary/aromatic N) is 3. The van der Waals surface area contributed by atoms with Gasteiger partial charge in [0.25, 0.3) is 0 Å². The molecule has 5 heteroatoms. The highest BCUT2D eigenvalue weighted by Gasteiger charge is 2.39. The third-order valence-electron chi connectivity index (χ3n) is 4.38. The molecule has 3 atom stereocenters. The largest absolute Gasteiger partial charge is 0.388 e. The molecule has 1 heterocycles. The number of thioether (sulfide) groups is 1. The molecule has 3 unspecified atom stereocenters. The summed E-state index contributed by atoms with van der Waals surface area (Å²) in [5.74, 6) is 4.68. The lowest BCUT2D eigenvalue weighted by Crippen LogP contribution is -2.13. The molecule has 0 saturated heterocycles. The van der Waals surface area contributed by atoms with Crippen molar-refractivity contribution in [3.63, 3.8) is 0 Å². The Bertz CT molecular complexity index is 406. The summed E-state index contributed by atoms with van der Waals surface area (Å²) in [5.41, 5.74) is 0. The SMILES string of the molecule is Cn1c(CO)nnc1SCC1CC2CCC1C2. The first kappa shape index (κ1) is 11.5. The number of hydrogen-bond donors (Lipinski definition) is 1. The molecule has 0 aliphatic heterocycles. The van der Waals surface area contributed by atoms with Gasteiger partial charge in [-0.15, -0.1) is 10.2 Å². The van der Waals surface area contributed by atoms with E-state index in [1.165, 1.54) is 31.4 Å². The Kier molecular flexibility index (Phi) is 3.13. The predicted molar refractivity (Wildman–Crippen MR) is 66.6 cm³/mol. The monoisotopic (exact) mass is 253 g/mol. The van der Waals surface area contributed by atoms with E-state index in [2.05, 4.69) is 10.2 Å². The highest BCUT2D eigenvalue weighted by molar-refractivity contribution is 7.99. The molecule has 3 rings (SSSR count). The maximum Gasteiger partial charge on any atom is 0.191 e. The summed E-state index contributed by atoms with van der Waals surface area (Å²) in [4.78, 5) is 0. The van der Waals surface area contributed by atoms with Gasteiger partial charge in [-0.05, 0) is 37.0 Å². The second-order valence-electron chi connectivity index (χ2n) is 5.36. The number of fused-ring (bicyclic) bond motifs is 2. The Morgan fingerprint density at radius 1 is 1.35 bits per heavy atom. The standard InChI is InChI=1S/C12H19N3OS/c1-15-11(6-16)13-14-12(15)17-7-10-5-8-2-3-9(10)4-8/h8-10,16H,2-7H2,1H3. The molecule has 2 aliphatic rings. The molecule has 94 valence electrons. The van der Waals surface area contributed by atoms with E-state index in [1.54, 1.807) is 11.8 Å². The molecule has 1 aromatic heterocycles. The highest BCUT2D eigenvalue weighted by atomic mass is 32.2.